The summed E-state index contributed by atoms with van der Waals surface area (Å²) in [6.45, 7) is 1.10. The van der Waals surface area contributed by atoms with Gasteiger partial charge in [-0.05, 0) is 30.5 Å². The molecule has 0 radical (unpaired) electrons. The van der Waals surface area contributed by atoms with Gasteiger partial charge in [0.05, 0.1) is 0 Å². The highest BCUT2D eigenvalue weighted by atomic mass is 35.5. The largest absolute Gasteiger partial charge is 0.355 e. The first-order valence-electron chi connectivity index (χ1n) is 5.89. The van der Waals surface area contributed by atoms with E-state index in [1.54, 1.807) is 0 Å². The molecule has 0 spiro atoms. The molecule has 1 amide bonds. The van der Waals surface area contributed by atoms with E-state index in [1.165, 1.54) is 5.56 Å². The average molecular weight is 289 g/mol. The Labute approximate surface area is 118 Å². The third kappa shape index (κ3) is 3.61. The van der Waals surface area contributed by atoms with Gasteiger partial charge < -0.3 is 11.1 Å². The second-order valence-corrected chi connectivity index (χ2v) is 5.04. The first-order valence-corrected chi connectivity index (χ1v) is 6.27. The molecule has 1 aromatic carbocycles. The highest BCUT2D eigenvalue weighted by Crippen LogP contribution is 2.47. The number of amides is 1. The van der Waals surface area contributed by atoms with Crippen molar-refractivity contribution in [2.45, 2.75) is 24.7 Å². The van der Waals surface area contributed by atoms with Crippen LogP contribution in [0.1, 0.15) is 24.8 Å². The van der Waals surface area contributed by atoms with Crippen molar-refractivity contribution >= 4 is 29.9 Å². The van der Waals surface area contributed by atoms with Gasteiger partial charge in [0.15, 0.2) is 0 Å². The molecule has 100 valence electrons. The van der Waals surface area contributed by atoms with Crippen molar-refractivity contribution < 1.29 is 4.79 Å². The maximum Gasteiger partial charge on any atom is 0.221 e. The molecule has 0 heterocycles. The molecule has 0 saturated heterocycles. The van der Waals surface area contributed by atoms with Crippen LogP contribution in [0.4, 0.5) is 0 Å². The second kappa shape index (κ2) is 6.41. The van der Waals surface area contributed by atoms with Gasteiger partial charge in [0.1, 0.15) is 0 Å². The lowest BCUT2D eigenvalue weighted by Crippen LogP contribution is -2.33. The number of hydrogen-bond donors (Lipinski definition) is 2. The summed E-state index contributed by atoms with van der Waals surface area (Å²) in [6.07, 6.45) is 2.64. The molecule has 0 atom stereocenters. The van der Waals surface area contributed by atoms with Crippen LogP contribution in [0.2, 0.25) is 5.02 Å². The highest BCUT2D eigenvalue weighted by molar-refractivity contribution is 6.30. The molecule has 0 aliphatic heterocycles. The fraction of sp³-hybridized carbons (Fsp3) is 0.462. The van der Waals surface area contributed by atoms with Crippen LogP contribution in [0, 0.1) is 0 Å². The topological polar surface area (TPSA) is 55.1 Å². The van der Waals surface area contributed by atoms with E-state index in [1.807, 2.05) is 24.3 Å². The van der Waals surface area contributed by atoms with Crippen LogP contribution in [-0.4, -0.2) is 19.0 Å². The zero-order chi connectivity index (χ0) is 12.3. The van der Waals surface area contributed by atoms with Gasteiger partial charge in [0.2, 0.25) is 5.91 Å². The SMILES string of the molecule is Cl.NCCC(=O)NCC1(c2ccc(Cl)cc2)CC1. The number of nitrogens with two attached hydrogens (primary N) is 1. The molecule has 1 aromatic rings. The molecule has 1 saturated carbocycles. The van der Waals surface area contributed by atoms with Crippen molar-refractivity contribution in [3.05, 3.63) is 34.9 Å². The van der Waals surface area contributed by atoms with Gasteiger partial charge in [-0.3, -0.25) is 4.79 Å². The van der Waals surface area contributed by atoms with Crippen molar-refractivity contribution in [1.29, 1.82) is 0 Å². The smallest absolute Gasteiger partial charge is 0.221 e. The van der Waals surface area contributed by atoms with Gasteiger partial charge in [0, 0.05) is 29.9 Å². The van der Waals surface area contributed by atoms with E-state index >= 15 is 0 Å². The molecular weight excluding hydrogens is 271 g/mol. The number of nitrogens with one attached hydrogen (secondary N) is 1. The predicted octanol–water partition coefficient (Wildman–Crippen LogP) is 2.26. The van der Waals surface area contributed by atoms with Gasteiger partial charge in [-0.15, -0.1) is 12.4 Å². The monoisotopic (exact) mass is 288 g/mol. The van der Waals surface area contributed by atoms with Crippen molar-refractivity contribution in [1.82, 2.24) is 5.32 Å². The zero-order valence-corrected chi connectivity index (χ0v) is 11.7. The summed E-state index contributed by atoms with van der Waals surface area (Å²) in [5.74, 6) is 0.0349. The summed E-state index contributed by atoms with van der Waals surface area (Å²) >= 11 is 5.87. The molecule has 1 aliphatic carbocycles. The quantitative estimate of drug-likeness (QED) is 0.873. The third-order valence-corrected chi connectivity index (χ3v) is 3.56. The molecule has 0 bridgehead atoms. The lowest BCUT2D eigenvalue weighted by molar-refractivity contribution is -0.121. The van der Waals surface area contributed by atoms with Crippen molar-refractivity contribution in [3.8, 4) is 0 Å². The molecule has 3 nitrogen and oxygen atoms in total. The summed E-state index contributed by atoms with van der Waals surface area (Å²) in [6, 6.07) is 7.90. The Morgan fingerprint density at radius 2 is 1.94 bits per heavy atom. The zero-order valence-electron chi connectivity index (χ0n) is 10.1. The van der Waals surface area contributed by atoms with Crippen LogP contribution in [-0.2, 0) is 10.2 Å². The van der Waals surface area contributed by atoms with E-state index in [4.69, 9.17) is 17.3 Å². The first kappa shape index (κ1) is 15.3. The molecule has 5 heteroatoms. The van der Waals surface area contributed by atoms with E-state index in [0.717, 1.165) is 17.9 Å². The minimum Gasteiger partial charge on any atom is -0.355 e. The van der Waals surface area contributed by atoms with Crippen molar-refractivity contribution in [3.63, 3.8) is 0 Å². The predicted molar refractivity (Wildman–Crippen MR) is 76.3 cm³/mol. The number of carbonyl (C=O) groups excluding carboxylic acids is 1. The summed E-state index contributed by atoms with van der Waals surface area (Å²) in [5.41, 5.74) is 6.73. The number of rotatable bonds is 5. The van der Waals surface area contributed by atoms with Gasteiger partial charge in [-0.2, -0.15) is 0 Å². The first-order chi connectivity index (χ1) is 8.16. The van der Waals surface area contributed by atoms with Crippen LogP contribution < -0.4 is 11.1 Å². The maximum atomic E-state index is 11.4. The van der Waals surface area contributed by atoms with Gasteiger partial charge >= 0.3 is 0 Å². The van der Waals surface area contributed by atoms with Crippen LogP contribution in [0.25, 0.3) is 0 Å². The summed E-state index contributed by atoms with van der Waals surface area (Å²) in [4.78, 5) is 11.4. The molecule has 1 fully saturated rings. The molecule has 0 unspecified atom stereocenters. The Morgan fingerprint density at radius 3 is 2.44 bits per heavy atom. The molecule has 2 rings (SSSR count). The van der Waals surface area contributed by atoms with Crippen LogP contribution in [0.15, 0.2) is 24.3 Å². The van der Waals surface area contributed by atoms with Crippen LogP contribution in [0.3, 0.4) is 0 Å². The minimum absolute atomic E-state index is 0. The summed E-state index contributed by atoms with van der Waals surface area (Å²) in [7, 11) is 0. The van der Waals surface area contributed by atoms with E-state index in [2.05, 4.69) is 5.32 Å². The van der Waals surface area contributed by atoms with Crippen LogP contribution >= 0.6 is 24.0 Å². The molecule has 0 aromatic heterocycles. The van der Waals surface area contributed by atoms with E-state index in [0.29, 0.717) is 19.5 Å². The normalized spacial score (nSPS) is 15.7. The Bertz CT molecular complexity index is 402. The van der Waals surface area contributed by atoms with Gasteiger partial charge in [0.25, 0.3) is 0 Å². The minimum atomic E-state index is 0. The number of carbonyl (C=O) groups is 1. The van der Waals surface area contributed by atoms with Gasteiger partial charge in [-0.25, -0.2) is 0 Å². The Balaban J connectivity index is 0.00000162. The Morgan fingerprint density at radius 1 is 1.33 bits per heavy atom. The molecular formula is C13H18Cl2N2O. The number of benzene rings is 1. The molecule has 18 heavy (non-hydrogen) atoms. The van der Waals surface area contributed by atoms with Crippen molar-refractivity contribution in [2.75, 3.05) is 13.1 Å². The second-order valence-electron chi connectivity index (χ2n) is 4.60. The standard InChI is InChI=1S/C13H17ClN2O.ClH/c14-11-3-1-10(2-4-11)13(6-7-13)9-16-12(17)5-8-15;/h1-4H,5-9,15H2,(H,16,17);1H. The fourth-order valence-electron chi connectivity index (χ4n) is 2.01. The molecule has 1 aliphatic rings. The highest BCUT2D eigenvalue weighted by Gasteiger charge is 2.44. The molecule has 3 N–H and O–H groups in total. The van der Waals surface area contributed by atoms with Gasteiger partial charge in [-0.1, -0.05) is 23.7 Å². The third-order valence-electron chi connectivity index (χ3n) is 3.31. The average Bonchev–Trinajstić information content (AvgIpc) is 3.09. The van der Waals surface area contributed by atoms with Crippen molar-refractivity contribution in [2.24, 2.45) is 5.73 Å². The van der Waals surface area contributed by atoms with E-state index in [9.17, 15) is 4.79 Å². The lowest BCUT2D eigenvalue weighted by atomic mass is 9.96. The summed E-state index contributed by atoms with van der Waals surface area (Å²) in [5, 5.41) is 3.69. The van der Waals surface area contributed by atoms with E-state index in [-0.39, 0.29) is 23.7 Å². The van der Waals surface area contributed by atoms with Crippen LogP contribution in [0.5, 0.6) is 0 Å². The lowest BCUT2D eigenvalue weighted by Gasteiger charge is -2.16. The fourth-order valence-corrected chi connectivity index (χ4v) is 2.14. The summed E-state index contributed by atoms with van der Waals surface area (Å²) < 4.78 is 0. The Hall–Kier alpha value is -0.770. The Kier molecular flexibility index (Phi) is 5.45. The number of hydrogen-bond acceptors (Lipinski definition) is 2. The number of halogens is 2. The maximum absolute atomic E-state index is 11.4. The van der Waals surface area contributed by atoms with E-state index < -0.39 is 0 Å².